The topological polar surface area (TPSA) is 121 Å². The Morgan fingerprint density at radius 3 is 2.68 bits per heavy atom. The number of aromatic nitrogens is 6. The van der Waals surface area contributed by atoms with E-state index in [0.29, 0.717) is 42.7 Å². The molecule has 1 amide bonds. The number of nitrogens with one attached hydrogen (secondary N) is 1. The first-order valence-corrected chi connectivity index (χ1v) is 13.3. The molecular formula is C26H40N8O4. The number of nitrogens with zero attached hydrogens (tertiary/aromatic N) is 7. The molecule has 0 spiro atoms. The molecule has 1 saturated heterocycles. The van der Waals surface area contributed by atoms with Gasteiger partial charge in [0, 0.05) is 37.5 Å². The number of hydrogen-bond donors (Lipinski definition) is 1. The van der Waals surface area contributed by atoms with Crippen molar-refractivity contribution < 1.29 is 19.0 Å². The Morgan fingerprint density at radius 2 is 2.03 bits per heavy atom. The first-order valence-electron chi connectivity index (χ1n) is 13.3. The molecule has 3 aromatic heterocycles. The van der Waals surface area contributed by atoms with Crippen LogP contribution in [0, 0.1) is 5.92 Å². The number of amides is 1. The Balaban J connectivity index is 1.55. The highest BCUT2D eigenvalue weighted by atomic mass is 16.6. The lowest BCUT2D eigenvalue weighted by Crippen LogP contribution is -2.49. The van der Waals surface area contributed by atoms with Gasteiger partial charge in [-0.25, -0.2) is 14.5 Å². The van der Waals surface area contributed by atoms with E-state index in [-0.39, 0.29) is 30.4 Å². The average molecular weight is 529 g/mol. The minimum absolute atomic E-state index is 0.0931. The summed E-state index contributed by atoms with van der Waals surface area (Å²) in [6.45, 7) is 17.3. The number of rotatable bonds is 8. The Kier molecular flexibility index (Phi) is 8.10. The van der Waals surface area contributed by atoms with Gasteiger partial charge < -0.3 is 24.4 Å². The van der Waals surface area contributed by atoms with Crippen molar-refractivity contribution in [2.45, 2.75) is 85.8 Å². The van der Waals surface area contributed by atoms with E-state index < -0.39 is 5.60 Å². The van der Waals surface area contributed by atoms with Crippen molar-refractivity contribution in [3.63, 3.8) is 0 Å². The summed E-state index contributed by atoms with van der Waals surface area (Å²) in [7, 11) is 0. The van der Waals surface area contributed by atoms with Gasteiger partial charge in [-0.05, 0) is 60.8 Å². The maximum atomic E-state index is 12.5. The van der Waals surface area contributed by atoms with Gasteiger partial charge in [0.25, 0.3) is 0 Å². The lowest BCUT2D eigenvalue weighted by atomic mass is 9.94. The summed E-state index contributed by atoms with van der Waals surface area (Å²) in [6, 6.07) is 0.103. The zero-order valence-corrected chi connectivity index (χ0v) is 23.6. The molecule has 4 heterocycles. The van der Waals surface area contributed by atoms with E-state index >= 15 is 0 Å². The van der Waals surface area contributed by atoms with E-state index in [1.807, 2.05) is 54.7 Å². The second-order valence-corrected chi connectivity index (χ2v) is 11.0. The molecule has 4 rings (SSSR count). The normalized spacial score (nSPS) is 19.1. The third-order valence-electron chi connectivity index (χ3n) is 6.23. The smallest absolute Gasteiger partial charge is 0.410 e. The van der Waals surface area contributed by atoms with Gasteiger partial charge in [0.2, 0.25) is 11.6 Å². The van der Waals surface area contributed by atoms with Crippen molar-refractivity contribution in [3.8, 4) is 17.0 Å². The van der Waals surface area contributed by atoms with Crippen molar-refractivity contribution in [3.05, 3.63) is 18.7 Å². The number of carbonyl (C=O) groups excluding carboxylic acids is 1. The number of carbonyl (C=O) groups is 1. The average Bonchev–Trinajstić information content (AvgIpc) is 3.47. The van der Waals surface area contributed by atoms with E-state index in [1.165, 1.54) is 0 Å². The molecule has 0 saturated carbocycles. The quantitative estimate of drug-likeness (QED) is 0.454. The van der Waals surface area contributed by atoms with Gasteiger partial charge >= 0.3 is 6.09 Å². The van der Waals surface area contributed by atoms with Gasteiger partial charge in [0.05, 0.1) is 12.3 Å². The predicted molar refractivity (Wildman–Crippen MR) is 143 cm³/mol. The SMILES string of the molecule is CCOC(C)n1cc(-c2ncn3nc(N[C@H]4CCN(C(=O)OC(C)(C)C)C[C@H]4C)nc3c2OC(C)C)cn1. The second kappa shape index (κ2) is 11.1. The van der Waals surface area contributed by atoms with Crippen LogP contribution in [0.5, 0.6) is 5.75 Å². The maximum absolute atomic E-state index is 12.5. The van der Waals surface area contributed by atoms with Crippen LogP contribution in [-0.4, -0.2) is 77.8 Å². The van der Waals surface area contributed by atoms with Crippen LogP contribution in [0.3, 0.4) is 0 Å². The lowest BCUT2D eigenvalue weighted by Gasteiger charge is -2.37. The summed E-state index contributed by atoms with van der Waals surface area (Å²) in [5, 5.41) is 12.5. The highest BCUT2D eigenvalue weighted by molar-refractivity contribution is 5.74. The fourth-order valence-corrected chi connectivity index (χ4v) is 4.44. The Bertz CT molecular complexity index is 1250. The Hall–Kier alpha value is -3.41. The summed E-state index contributed by atoms with van der Waals surface area (Å²) in [6.07, 6.45) is 5.46. The molecule has 3 aromatic rings. The highest BCUT2D eigenvalue weighted by Crippen LogP contribution is 2.33. The second-order valence-electron chi connectivity index (χ2n) is 11.0. The van der Waals surface area contributed by atoms with Crippen LogP contribution in [-0.2, 0) is 9.47 Å². The Morgan fingerprint density at radius 1 is 1.26 bits per heavy atom. The number of ether oxygens (including phenoxy) is 3. The molecule has 1 N–H and O–H groups in total. The van der Waals surface area contributed by atoms with Gasteiger partial charge in [-0.2, -0.15) is 14.6 Å². The van der Waals surface area contributed by atoms with Crippen molar-refractivity contribution >= 4 is 17.7 Å². The van der Waals surface area contributed by atoms with E-state index in [4.69, 9.17) is 19.2 Å². The zero-order chi connectivity index (χ0) is 27.6. The number of piperidine rings is 1. The third kappa shape index (κ3) is 6.35. The largest absolute Gasteiger partial charge is 0.485 e. The molecule has 0 aliphatic carbocycles. The van der Waals surface area contributed by atoms with Crippen LogP contribution < -0.4 is 10.1 Å². The zero-order valence-electron chi connectivity index (χ0n) is 23.6. The fourth-order valence-electron chi connectivity index (χ4n) is 4.44. The molecule has 208 valence electrons. The molecule has 1 aliphatic heterocycles. The number of anilines is 1. The van der Waals surface area contributed by atoms with Gasteiger partial charge in [-0.15, -0.1) is 5.10 Å². The van der Waals surface area contributed by atoms with Crippen LogP contribution in [0.15, 0.2) is 18.7 Å². The van der Waals surface area contributed by atoms with Crippen molar-refractivity contribution in [1.29, 1.82) is 0 Å². The van der Waals surface area contributed by atoms with Gasteiger partial charge in [0.15, 0.2) is 5.75 Å². The first kappa shape index (κ1) is 27.6. The summed E-state index contributed by atoms with van der Waals surface area (Å²) < 4.78 is 20.8. The number of fused-ring (bicyclic) bond motifs is 1. The first-order chi connectivity index (χ1) is 17.9. The minimum Gasteiger partial charge on any atom is -0.485 e. The Labute approximate surface area is 223 Å². The molecule has 38 heavy (non-hydrogen) atoms. The molecule has 0 bridgehead atoms. The monoisotopic (exact) mass is 528 g/mol. The minimum atomic E-state index is -0.515. The molecule has 12 nitrogen and oxygen atoms in total. The third-order valence-corrected chi connectivity index (χ3v) is 6.23. The van der Waals surface area contributed by atoms with Gasteiger partial charge in [0.1, 0.15) is 23.9 Å². The molecule has 1 fully saturated rings. The summed E-state index contributed by atoms with van der Waals surface area (Å²) in [5.41, 5.74) is 1.49. The number of hydrogen-bond acceptors (Lipinski definition) is 9. The van der Waals surface area contributed by atoms with Crippen molar-refractivity contribution in [2.75, 3.05) is 25.0 Å². The molecule has 1 unspecified atom stereocenters. The molecule has 0 aromatic carbocycles. The van der Waals surface area contributed by atoms with E-state index in [2.05, 4.69) is 27.4 Å². The highest BCUT2D eigenvalue weighted by Gasteiger charge is 2.32. The van der Waals surface area contributed by atoms with Crippen molar-refractivity contribution in [1.82, 2.24) is 34.3 Å². The van der Waals surface area contributed by atoms with Gasteiger partial charge in [-0.1, -0.05) is 6.92 Å². The molecule has 12 heteroatoms. The molecule has 0 radical (unpaired) electrons. The van der Waals surface area contributed by atoms with E-state index in [1.54, 1.807) is 26.6 Å². The molecule has 3 atom stereocenters. The summed E-state index contributed by atoms with van der Waals surface area (Å²) >= 11 is 0. The maximum Gasteiger partial charge on any atom is 0.410 e. The number of likely N-dealkylation sites (tertiary alicyclic amines) is 1. The van der Waals surface area contributed by atoms with Crippen LogP contribution in [0.2, 0.25) is 0 Å². The fraction of sp³-hybridized carbons (Fsp3) is 0.654. The lowest BCUT2D eigenvalue weighted by molar-refractivity contribution is 0.0158. The van der Waals surface area contributed by atoms with Crippen molar-refractivity contribution in [2.24, 2.45) is 5.92 Å². The van der Waals surface area contributed by atoms with Crippen LogP contribution in [0.4, 0.5) is 10.7 Å². The van der Waals surface area contributed by atoms with E-state index in [0.717, 1.165) is 12.0 Å². The van der Waals surface area contributed by atoms with Crippen LogP contribution >= 0.6 is 0 Å². The summed E-state index contributed by atoms with van der Waals surface area (Å²) in [5.74, 6) is 1.21. The predicted octanol–water partition coefficient (Wildman–Crippen LogP) is 4.39. The van der Waals surface area contributed by atoms with Gasteiger partial charge in [-0.3, -0.25) is 0 Å². The standard InChI is InChI=1S/C26H40N8O4/c1-9-36-18(5)33-14-19(12-28-33)21-22(37-16(2)3)23-30-24(31-34(23)15-27-21)29-20-10-11-32(13-17(20)4)25(35)38-26(6,7)8/h12,14-18,20H,9-11,13H2,1-8H3,(H,29,31)/t17-,18?,20+/m1/s1. The van der Waals surface area contributed by atoms with Crippen LogP contribution in [0.1, 0.15) is 68.0 Å². The molecule has 1 aliphatic rings. The van der Waals surface area contributed by atoms with E-state index in [9.17, 15) is 4.79 Å². The van der Waals surface area contributed by atoms with Crippen LogP contribution in [0.25, 0.3) is 16.9 Å². The molecular weight excluding hydrogens is 488 g/mol. The summed E-state index contributed by atoms with van der Waals surface area (Å²) in [4.78, 5) is 23.7.